The van der Waals surface area contributed by atoms with Crippen molar-refractivity contribution in [3.05, 3.63) is 71.9 Å². The lowest BCUT2D eigenvalue weighted by atomic mass is 10.1. The smallest absolute Gasteiger partial charge is 0.0950 e. The van der Waals surface area contributed by atoms with Crippen LogP contribution in [0.4, 0.5) is 0 Å². The molecule has 96 valence electrons. The summed E-state index contributed by atoms with van der Waals surface area (Å²) in [6.45, 7) is 0. The fraction of sp³-hybridized carbons (Fsp3) is 0. The molecule has 0 fully saturated rings. The quantitative estimate of drug-likeness (QED) is 0.488. The van der Waals surface area contributed by atoms with E-state index in [0.717, 1.165) is 32.8 Å². The lowest BCUT2D eigenvalue weighted by Crippen LogP contribution is -1.94. The van der Waals surface area contributed by atoms with Gasteiger partial charge in [0, 0.05) is 16.8 Å². The van der Waals surface area contributed by atoms with Crippen molar-refractivity contribution >= 4 is 28.2 Å². The molecule has 2 aromatic carbocycles. The fourth-order valence-electron chi connectivity index (χ4n) is 2.55. The van der Waals surface area contributed by atoms with Gasteiger partial charge in [-0.05, 0) is 30.3 Å². The average Bonchev–Trinajstić information content (AvgIpc) is 2.97. The van der Waals surface area contributed by atoms with Crippen molar-refractivity contribution in [1.29, 1.82) is 0 Å². The van der Waals surface area contributed by atoms with Gasteiger partial charge in [-0.25, -0.2) is 4.98 Å². The molecule has 4 aromatic rings. The summed E-state index contributed by atoms with van der Waals surface area (Å²) in [4.78, 5) is 4.81. The van der Waals surface area contributed by atoms with Crippen molar-refractivity contribution in [2.75, 3.05) is 0 Å². The van der Waals surface area contributed by atoms with Crippen molar-refractivity contribution in [3.8, 4) is 11.3 Å². The number of nitrogens with zero attached hydrogens (tertiary/aromatic N) is 2. The van der Waals surface area contributed by atoms with Gasteiger partial charge in [-0.3, -0.25) is 0 Å². The molecule has 4 rings (SSSR count). The fourth-order valence-corrected chi connectivity index (χ4v) is 2.72. The van der Waals surface area contributed by atoms with E-state index in [9.17, 15) is 0 Å². The van der Waals surface area contributed by atoms with Gasteiger partial charge in [-0.15, -0.1) is 0 Å². The lowest BCUT2D eigenvalue weighted by molar-refractivity contribution is 1.23. The third kappa shape index (κ3) is 1.69. The number of hydrogen-bond donors (Lipinski definition) is 0. The van der Waals surface area contributed by atoms with E-state index in [2.05, 4.69) is 22.6 Å². The molecule has 0 unspecified atom stereocenters. The SMILES string of the molecule is Clc1ccc2nc(-c3ccccc3)c3cccn3c2c1. The molecule has 0 aliphatic carbocycles. The van der Waals surface area contributed by atoms with Gasteiger partial charge in [0.15, 0.2) is 0 Å². The van der Waals surface area contributed by atoms with Gasteiger partial charge in [0.1, 0.15) is 0 Å². The van der Waals surface area contributed by atoms with Crippen LogP contribution in [0.3, 0.4) is 0 Å². The highest BCUT2D eigenvalue weighted by Crippen LogP contribution is 2.28. The molecule has 0 saturated heterocycles. The monoisotopic (exact) mass is 278 g/mol. The molecule has 0 radical (unpaired) electrons. The Morgan fingerprint density at radius 3 is 2.55 bits per heavy atom. The Hall–Kier alpha value is -2.32. The Bertz CT molecular complexity index is 910. The first kappa shape index (κ1) is 11.5. The summed E-state index contributed by atoms with van der Waals surface area (Å²) in [5.74, 6) is 0. The van der Waals surface area contributed by atoms with E-state index in [1.54, 1.807) is 0 Å². The van der Waals surface area contributed by atoms with Crippen LogP contribution in [0, 0.1) is 0 Å². The molecule has 0 aliphatic rings. The molecule has 0 amide bonds. The highest BCUT2D eigenvalue weighted by Gasteiger charge is 2.09. The van der Waals surface area contributed by atoms with Crippen LogP contribution in [0.15, 0.2) is 66.9 Å². The van der Waals surface area contributed by atoms with Crippen molar-refractivity contribution in [1.82, 2.24) is 9.38 Å². The van der Waals surface area contributed by atoms with Crippen molar-refractivity contribution in [3.63, 3.8) is 0 Å². The molecular weight excluding hydrogens is 268 g/mol. The minimum absolute atomic E-state index is 0.724. The van der Waals surface area contributed by atoms with Gasteiger partial charge in [0.05, 0.1) is 22.2 Å². The minimum Gasteiger partial charge on any atom is -0.313 e. The van der Waals surface area contributed by atoms with Crippen LogP contribution in [0.25, 0.3) is 27.8 Å². The Labute approximate surface area is 121 Å². The Kier molecular flexibility index (Phi) is 2.51. The third-order valence-corrected chi connectivity index (χ3v) is 3.70. The number of halogens is 1. The van der Waals surface area contributed by atoms with Gasteiger partial charge in [-0.2, -0.15) is 0 Å². The summed E-state index contributed by atoms with van der Waals surface area (Å²) in [5, 5.41) is 0.724. The lowest BCUT2D eigenvalue weighted by Gasteiger charge is -2.09. The summed E-state index contributed by atoms with van der Waals surface area (Å²) in [6.07, 6.45) is 2.04. The van der Waals surface area contributed by atoms with E-state index in [4.69, 9.17) is 16.6 Å². The predicted molar refractivity (Wildman–Crippen MR) is 83.1 cm³/mol. The summed E-state index contributed by atoms with van der Waals surface area (Å²) in [6, 6.07) is 20.1. The van der Waals surface area contributed by atoms with E-state index >= 15 is 0 Å². The zero-order chi connectivity index (χ0) is 13.5. The highest BCUT2D eigenvalue weighted by molar-refractivity contribution is 6.31. The van der Waals surface area contributed by atoms with E-state index in [-0.39, 0.29) is 0 Å². The van der Waals surface area contributed by atoms with Crippen LogP contribution >= 0.6 is 11.6 Å². The predicted octanol–water partition coefficient (Wildman–Crippen LogP) is 4.81. The number of fused-ring (bicyclic) bond motifs is 3. The molecule has 0 bridgehead atoms. The molecule has 2 aromatic heterocycles. The standard InChI is InChI=1S/C17H11ClN2/c18-13-8-9-14-16(11-13)20-10-4-7-15(20)17(19-14)12-5-2-1-3-6-12/h1-11H. The topological polar surface area (TPSA) is 17.3 Å². The normalized spacial score (nSPS) is 11.2. The first-order valence-electron chi connectivity index (χ1n) is 6.45. The van der Waals surface area contributed by atoms with E-state index in [1.165, 1.54) is 0 Å². The van der Waals surface area contributed by atoms with Crippen molar-refractivity contribution in [2.24, 2.45) is 0 Å². The first-order chi connectivity index (χ1) is 9.83. The molecule has 20 heavy (non-hydrogen) atoms. The van der Waals surface area contributed by atoms with Crippen molar-refractivity contribution in [2.45, 2.75) is 0 Å². The van der Waals surface area contributed by atoms with E-state index < -0.39 is 0 Å². The number of hydrogen-bond acceptors (Lipinski definition) is 1. The molecule has 2 heterocycles. The summed E-state index contributed by atoms with van der Waals surface area (Å²) >= 11 is 6.10. The van der Waals surface area contributed by atoms with E-state index in [0.29, 0.717) is 0 Å². The molecule has 0 aliphatic heterocycles. The van der Waals surface area contributed by atoms with Crippen LogP contribution in [-0.2, 0) is 0 Å². The van der Waals surface area contributed by atoms with Crippen LogP contribution in [-0.4, -0.2) is 9.38 Å². The summed E-state index contributed by atoms with van der Waals surface area (Å²) in [5.41, 5.74) is 5.17. The minimum atomic E-state index is 0.724. The number of rotatable bonds is 1. The molecule has 0 N–H and O–H groups in total. The molecule has 0 saturated carbocycles. The summed E-state index contributed by atoms with van der Waals surface area (Å²) < 4.78 is 2.14. The molecular formula is C17H11ClN2. The maximum absolute atomic E-state index is 6.10. The zero-order valence-corrected chi connectivity index (χ0v) is 11.4. The average molecular weight is 279 g/mol. The first-order valence-corrected chi connectivity index (χ1v) is 6.82. The highest BCUT2D eigenvalue weighted by atomic mass is 35.5. The van der Waals surface area contributed by atoms with Crippen molar-refractivity contribution < 1.29 is 0 Å². The molecule has 0 atom stereocenters. The maximum atomic E-state index is 6.10. The van der Waals surface area contributed by atoms with Gasteiger partial charge in [-0.1, -0.05) is 41.9 Å². The largest absolute Gasteiger partial charge is 0.313 e. The molecule has 3 heteroatoms. The maximum Gasteiger partial charge on any atom is 0.0950 e. The van der Waals surface area contributed by atoms with Gasteiger partial charge in [0.2, 0.25) is 0 Å². The Morgan fingerprint density at radius 1 is 0.850 bits per heavy atom. The zero-order valence-electron chi connectivity index (χ0n) is 10.6. The second kappa shape index (κ2) is 4.36. The van der Waals surface area contributed by atoms with Crippen LogP contribution < -0.4 is 0 Å². The number of aromatic nitrogens is 2. The third-order valence-electron chi connectivity index (χ3n) is 3.47. The van der Waals surface area contributed by atoms with Gasteiger partial charge < -0.3 is 4.40 Å². The van der Waals surface area contributed by atoms with Gasteiger partial charge >= 0.3 is 0 Å². The van der Waals surface area contributed by atoms with Gasteiger partial charge in [0.25, 0.3) is 0 Å². The molecule has 2 nitrogen and oxygen atoms in total. The second-order valence-corrected chi connectivity index (χ2v) is 5.16. The second-order valence-electron chi connectivity index (χ2n) is 4.72. The van der Waals surface area contributed by atoms with Crippen LogP contribution in [0.1, 0.15) is 0 Å². The Balaban J connectivity index is 2.15. The van der Waals surface area contributed by atoms with Crippen LogP contribution in [0.2, 0.25) is 5.02 Å². The van der Waals surface area contributed by atoms with E-state index in [1.807, 2.05) is 48.7 Å². The number of benzene rings is 2. The Morgan fingerprint density at radius 2 is 1.70 bits per heavy atom. The summed E-state index contributed by atoms with van der Waals surface area (Å²) in [7, 11) is 0. The van der Waals surface area contributed by atoms with Crippen LogP contribution in [0.5, 0.6) is 0 Å². The molecule has 0 spiro atoms.